The Kier molecular flexibility index (Phi) is 2.96. The van der Waals surface area contributed by atoms with Crippen LogP contribution < -0.4 is 11.2 Å². The lowest BCUT2D eigenvalue weighted by Crippen LogP contribution is -2.38. The summed E-state index contributed by atoms with van der Waals surface area (Å²) in [6.07, 6.45) is 4.56. The monoisotopic (exact) mass is 224 g/mol. The van der Waals surface area contributed by atoms with Crippen molar-refractivity contribution in [3.05, 3.63) is 32.6 Å². The SMILES string of the molecule is Cc1cn(C2CCCCC2O)c(=O)[nH]c1=O. The zero-order chi connectivity index (χ0) is 11.7. The van der Waals surface area contributed by atoms with Gasteiger partial charge in [0.05, 0.1) is 12.1 Å². The van der Waals surface area contributed by atoms with Crippen LogP contribution in [0.3, 0.4) is 0 Å². The van der Waals surface area contributed by atoms with E-state index in [1.807, 2.05) is 0 Å². The highest BCUT2D eigenvalue weighted by Gasteiger charge is 2.25. The minimum absolute atomic E-state index is 0.197. The van der Waals surface area contributed by atoms with E-state index in [4.69, 9.17) is 0 Å². The molecule has 0 spiro atoms. The minimum Gasteiger partial charge on any atom is -0.391 e. The summed E-state index contributed by atoms with van der Waals surface area (Å²) in [5.41, 5.74) is -0.287. The van der Waals surface area contributed by atoms with Crippen LogP contribution in [-0.2, 0) is 0 Å². The van der Waals surface area contributed by atoms with Crippen molar-refractivity contribution >= 4 is 0 Å². The van der Waals surface area contributed by atoms with Crippen molar-refractivity contribution in [1.29, 1.82) is 0 Å². The fraction of sp³-hybridized carbons (Fsp3) is 0.636. The van der Waals surface area contributed by atoms with Gasteiger partial charge in [0.25, 0.3) is 5.56 Å². The highest BCUT2D eigenvalue weighted by atomic mass is 16.3. The van der Waals surface area contributed by atoms with Gasteiger partial charge in [-0.3, -0.25) is 14.3 Å². The normalized spacial score (nSPS) is 25.6. The Labute approximate surface area is 92.7 Å². The number of aromatic nitrogens is 2. The number of nitrogens with one attached hydrogen (secondary N) is 1. The molecule has 1 saturated carbocycles. The number of aliphatic hydroxyl groups is 1. The fourth-order valence-corrected chi connectivity index (χ4v) is 2.25. The number of aryl methyl sites for hydroxylation is 1. The lowest BCUT2D eigenvalue weighted by Gasteiger charge is -2.29. The van der Waals surface area contributed by atoms with Gasteiger partial charge in [0, 0.05) is 11.8 Å². The topological polar surface area (TPSA) is 75.1 Å². The van der Waals surface area contributed by atoms with Crippen LogP contribution in [0.4, 0.5) is 0 Å². The van der Waals surface area contributed by atoms with Crippen molar-refractivity contribution in [3.8, 4) is 0 Å². The number of rotatable bonds is 1. The molecule has 1 aliphatic rings. The summed E-state index contributed by atoms with van der Waals surface area (Å²) in [5.74, 6) is 0. The largest absolute Gasteiger partial charge is 0.391 e. The molecule has 1 aromatic heterocycles. The Morgan fingerprint density at radius 2 is 2.06 bits per heavy atom. The van der Waals surface area contributed by atoms with E-state index < -0.39 is 11.8 Å². The second-order valence-corrected chi connectivity index (χ2v) is 4.40. The van der Waals surface area contributed by atoms with Gasteiger partial charge >= 0.3 is 5.69 Å². The van der Waals surface area contributed by atoms with Gasteiger partial charge in [-0.25, -0.2) is 4.79 Å². The van der Waals surface area contributed by atoms with Gasteiger partial charge < -0.3 is 5.11 Å². The lowest BCUT2D eigenvalue weighted by molar-refractivity contribution is 0.0729. The minimum atomic E-state index is -0.489. The maximum absolute atomic E-state index is 11.6. The highest BCUT2D eigenvalue weighted by molar-refractivity contribution is 5.02. The third-order valence-corrected chi connectivity index (χ3v) is 3.20. The Hall–Kier alpha value is -1.36. The van der Waals surface area contributed by atoms with E-state index in [1.54, 1.807) is 13.1 Å². The van der Waals surface area contributed by atoms with Gasteiger partial charge in [0.2, 0.25) is 0 Å². The zero-order valence-corrected chi connectivity index (χ0v) is 9.27. The van der Waals surface area contributed by atoms with Crippen molar-refractivity contribution in [1.82, 2.24) is 9.55 Å². The summed E-state index contributed by atoms with van der Waals surface area (Å²) in [6, 6.07) is -0.197. The molecule has 1 heterocycles. The standard InChI is InChI=1S/C11H16N2O3/c1-7-6-13(11(16)12-10(7)15)8-4-2-3-5-9(8)14/h6,8-9,14H,2-5H2,1H3,(H,12,15,16). The molecule has 2 unspecified atom stereocenters. The molecule has 2 N–H and O–H groups in total. The molecule has 0 bridgehead atoms. The number of hydrogen-bond donors (Lipinski definition) is 2. The maximum atomic E-state index is 11.6. The molecule has 5 nitrogen and oxygen atoms in total. The zero-order valence-electron chi connectivity index (χ0n) is 9.27. The molecule has 0 saturated heterocycles. The lowest BCUT2D eigenvalue weighted by atomic mass is 9.92. The van der Waals surface area contributed by atoms with Crippen LogP contribution in [0.15, 0.2) is 15.8 Å². The van der Waals surface area contributed by atoms with Crippen molar-refractivity contribution < 1.29 is 5.11 Å². The third-order valence-electron chi connectivity index (χ3n) is 3.20. The molecular formula is C11H16N2O3. The van der Waals surface area contributed by atoms with Crippen molar-refractivity contribution in [3.63, 3.8) is 0 Å². The quantitative estimate of drug-likeness (QED) is 0.721. The van der Waals surface area contributed by atoms with E-state index in [1.165, 1.54) is 4.57 Å². The molecule has 0 amide bonds. The predicted molar refractivity (Wildman–Crippen MR) is 59.6 cm³/mol. The number of H-pyrrole nitrogens is 1. The van der Waals surface area contributed by atoms with Gasteiger partial charge in [-0.2, -0.15) is 0 Å². The number of aliphatic hydroxyl groups excluding tert-OH is 1. The van der Waals surface area contributed by atoms with E-state index in [0.717, 1.165) is 25.7 Å². The van der Waals surface area contributed by atoms with Crippen LogP contribution in [0.2, 0.25) is 0 Å². The van der Waals surface area contributed by atoms with Gasteiger partial charge in [0.15, 0.2) is 0 Å². The van der Waals surface area contributed by atoms with Crippen molar-refractivity contribution in [2.45, 2.75) is 44.8 Å². The summed E-state index contributed by atoms with van der Waals surface area (Å²) in [5, 5.41) is 9.86. The predicted octanol–water partition coefficient (Wildman–Crippen LogP) is 0.321. The molecule has 2 rings (SSSR count). The highest BCUT2D eigenvalue weighted by Crippen LogP contribution is 2.27. The van der Waals surface area contributed by atoms with Gasteiger partial charge in [0.1, 0.15) is 0 Å². The number of nitrogens with zero attached hydrogens (tertiary/aromatic N) is 1. The van der Waals surface area contributed by atoms with Crippen LogP contribution in [0.5, 0.6) is 0 Å². The maximum Gasteiger partial charge on any atom is 0.328 e. The average molecular weight is 224 g/mol. The fourth-order valence-electron chi connectivity index (χ4n) is 2.25. The molecule has 0 radical (unpaired) electrons. The summed E-state index contributed by atoms with van der Waals surface area (Å²) in [7, 11) is 0. The molecule has 2 atom stereocenters. The van der Waals surface area contributed by atoms with Crippen LogP contribution >= 0.6 is 0 Å². The van der Waals surface area contributed by atoms with Crippen LogP contribution in [-0.4, -0.2) is 20.8 Å². The molecular weight excluding hydrogens is 208 g/mol. The van der Waals surface area contributed by atoms with E-state index in [2.05, 4.69) is 4.98 Å². The van der Waals surface area contributed by atoms with Crippen molar-refractivity contribution in [2.24, 2.45) is 0 Å². The first kappa shape index (κ1) is 11.1. The Morgan fingerprint density at radius 1 is 1.38 bits per heavy atom. The molecule has 1 aliphatic carbocycles. The first-order valence-corrected chi connectivity index (χ1v) is 5.59. The summed E-state index contributed by atoms with van der Waals surface area (Å²) >= 11 is 0. The third kappa shape index (κ3) is 1.95. The van der Waals surface area contributed by atoms with Gasteiger partial charge in [-0.1, -0.05) is 12.8 Å². The number of aromatic amines is 1. The second-order valence-electron chi connectivity index (χ2n) is 4.40. The molecule has 0 aromatic carbocycles. The summed E-state index contributed by atoms with van der Waals surface area (Å²) in [6.45, 7) is 1.66. The Morgan fingerprint density at radius 3 is 2.75 bits per heavy atom. The van der Waals surface area contributed by atoms with E-state index in [9.17, 15) is 14.7 Å². The first-order chi connectivity index (χ1) is 7.59. The van der Waals surface area contributed by atoms with Crippen LogP contribution in [0.25, 0.3) is 0 Å². The molecule has 1 fully saturated rings. The smallest absolute Gasteiger partial charge is 0.328 e. The van der Waals surface area contributed by atoms with Crippen LogP contribution in [0.1, 0.15) is 37.3 Å². The number of hydrogen-bond acceptors (Lipinski definition) is 3. The second kappa shape index (κ2) is 4.25. The molecule has 1 aromatic rings. The average Bonchev–Trinajstić information content (AvgIpc) is 2.25. The van der Waals surface area contributed by atoms with Crippen molar-refractivity contribution in [2.75, 3.05) is 0 Å². The molecule has 16 heavy (non-hydrogen) atoms. The summed E-state index contributed by atoms with van der Waals surface area (Å²) in [4.78, 5) is 25.1. The van der Waals surface area contributed by atoms with E-state index in [-0.39, 0.29) is 11.6 Å². The molecule has 0 aliphatic heterocycles. The van der Waals surface area contributed by atoms with Gasteiger partial charge in [-0.15, -0.1) is 0 Å². The van der Waals surface area contributed by atoms with Gasteiger partial charge in [-0.05, 0) is 19.8 Å². The summed E-state index contributed by atoms with van der Waals surface area (Å²) < 4.78 is 1.46. The van der Waals surface area contributed by atoms with E-state index >= 15 is 0 Å². The van der Waals surface area contributed by atoms with Crippen LogP contribution in [0, 0.1) is 6.92 Å². The Bertz CT molecular complexity index is 489. The molecule has 5 heteroatoms. The molecule has 88 valence electrons. The van der Waals surface area contributed by atoms with E-state index in [0.29, 0.717) is 5.56 Å². The Balaban J connectivity index is 2.43. The first-order valence-electron chi connectivity index (χ1n) is 5.59.